The van der Waals surface area contributed by atoms with Crippen LogP contribution in [-0.2, 0) is 0 Å². The Morgan fingerprint density at radius 3 is 3.10 bits per heavy atom. The van der Waals surface area contributed by atoms with Crippen molar-refractivity contribution in [2.45, 2.75) is 0 Å². The summed E-state index contributed by atoms with van der Waals surface area (Å²) >= 11 is 5.76. The van der Waals surface area contributed by atoms with Gasteiger partial charge in [0.2, 0.25) is 0 Å². The molecule has 0 bridgehead atoms. The lowest BCUT2D eigenvalue weighted by molar-refractivity contribution is 0.412. The number of H-pyrrole nitrogens is 1. The third-order valence-corrected chi connectivity index (χ3v) is 2.79. The highest BCUT2D eigenvalue weighted by atomic mass is 35.5. The Kier molecular flexibility index (Phi) is 4.21. The summed E-state index contributed by atoms with van der Waals surface area (Å²) in [5.74, 6) is 0.631. The molecule has 3 N–H and O–H groups in total. The van der Waals surface area contributed by atoms with E-state index in [1.807, 2.05) is 0 Å². The fraction of sp³-hybridized carbons (Fsp3) is 0.0833. The molecule has 0 saturated heterocycles. The first-order chi connectivity index (χ1) is 9.61. The van der Waals surface area contributed by atoms with Gasteiger partial charge in [0.15, 0.2) is 0 Å². The summed E-state index contributed by atoms with van der Waals surface area (Å²) in [5, 5.41) is 19.3. The third kappa shape index (κ3) is 3.07. The second-order valence-electron chi connectivity index (χ2n) is 3.72. The summed E-state index contributed by atoms with van der Waals surface area (Å²) in [6.45, 7) is 0. The van der Waals surface area contributed by atoms with E-state index in [0.717, 1.165) is 0 Å². The van der Waals surface area contributed by atoms with Crippen LogP contribution >= 0.6 is 11.6 Å². The number of phenols is 1. The molecule has 0 aliphatic carbocycles. The first-order valence-corrected chi connectivity index (χ1v) is 5.89. The van der Waals surface area contributed by atoms with E-state index < -0.39 is 5.56 Å². The van der Waals surface area contributed by atoms with E-state index in [0.29, 0.717) is 11.3 Å². The average Bonchev–Trinajstić information content (AvgIpc) is 2.45. The number of phenolic OH excluding ortho intramolecular Hbond substituents is 1. The Bertz CT molecular complexity index is 699. The molecule has 0 spiro atoms. The van der Waals surface area contributed by atoms with Crippen LogP contribution in [-0.4, -0.2) is 28.6 Å². The summed E-state index contributed by atoms with van der Waals surface area (Å²) in [4.78, 5) is 11.2. The van der Waals surface area contributed by atoms with Crippen LogP contribution in [0.1, 0.15) is 5.56 Å². The van der Waals surface area contributed by atoms with Gasteiger partial charge in [-0.3, -0.25) is 10.2 Å². The lowest BCUT2D eigenvalue weighted by atomic mass is 10.2. The van der Waals surface area contributed by atoms with Crippen LogP contribution in [0.2, 0.25) is 5.02 Å². The largest absolute Gasteiger partial charge is 0.507 e. The molecule has 0 fully saturated rings. The fourth-order valence-corrected chi connectivity index (χ4v) is 1.53. The van der Waals surface area contributed by atoms with E-state index in [9.17, 15) is 9.90 Å². The van der Waals surface area contributed by atoms with Crippen LogP contribution in [0.25, 0.3) is 0 Å². The Labute approximate surface area is 118 Å². The number of aromatic hydroxyl groups is 1. The molecule has 1 aromatic heterocycles. The minimum atomic E-state index is -0.518. The van der Waals surface area contributed by atoms with Crippen molar-refractivity contribution < 1.29 is 9.84 Å². The number of benzene rings is 1. The van der Waals surface area contributed by atoms with E-state index in [2.05, 4.69) is 20.7 Å². The lowest BCUT2D eigenvalue weighted by Crippen LogP contribution is -2.10. The first-order valence-electron chi connectivity index (χ1n) is 5.51. The van der Waals surface area contributed by atoms with Gasteiger partial charge < -0.3 is 9.84 Å². The van der Waals surface area contributed by atoms with Gasteiger partial charge in [-0.1, -0.05) is 11.6 Å². The van der Waals surface area contributed by atoms with Crippen LogP contribution in [0.15, 0.2) is 34.3 Å². The van der Waals surface area contributed by atoms with Gasteiger partial charge in [-0.25, -0.2) is 5.10 Å². The van der Waals surface area contributed by atoms with E-state index in [1.165, 1.54) is 25.6 Å². The number of aromatic nitrogens is 2. The van der Waals surface area contributed by atoms with Crippen molar-refractivity contribution >= 4 is 23.5 Å². The zero-order valence-corrected chi connectivity index (χ0v) is 11.2. The number of ether oxygens (including phenoxy) is 1. The Morgan fingerprint density at radius 1 is 1.55 bits per heavy atom. The number of methoxy groups -OCH3 is 1. The van der Waals surface area contributed by atoms with Crippen molar-refractivity contribution in [3.05, 3.63) is 45.3 Å². The van der Waals surface area contributed by atoms with Gasteiger partial charge in [0.05, 0.1) is 19.5 Å². The lowest BCUT2D eigenvalue weighted by Gasteiger charge is -2.03. The van der Waals surface area contributed by atoms with Crippen molar-refractivity contribution in [3.63, 3.8) is 0 Å². The number of hydrazone groups is 1. The predicted octanol–water partition coefficient (Wildman–Crippen LogP) is 1.58. The summed E-state index contributed by atoms with van der Waals surface area (Å²) in [7, 11) is 1.52. The SMILES string of the molecule is COc1ccc(O)c(/C=N/Nc2cn[nH]c(=O)c2Cl)c1. The quantitative estimate of drug-likeness (QED) is 0.587. The van der Waals surface area contributed by atoms with E-state index in [1.54, 1.807) is 12.1 Å². The normalized spacial score (nSPS) is 10.7. The molecule has 0 atom stereocenters. The highest BCUT2D eigenvalue weighted by Gasteiger charge is 2.04. The van der Waals surface area contributed by atoms with Crippen LogP contribution in [0.3, 0.4) is 0 Å². The number of nitrogens with one attached hydrogen (secondary N) is 2. The minimum absolute atomic E-state index is 0.0477. The van der Waals surface area contributed by atoms with Crippen molar-refractivity contribution in [1.82, 2.24) is 10.2 Å². The van der Waals surface area contributed by atoms with Crippen molar-refractivity contribution in [2.75, 3.05) is 12.5 Å². The molecule has 2 aromatic rings. The Balaban J connectivity index is 2.18. The molecule has 0 aliphatic rings. The second-order valence-corrected chi connectivity index (χ2v) is 4.10. The van der Waals surface area contributed by atoms with Gasteiger partial charge in [-0.15, -0.1) is 0 Å². The van der Waals surface area contributed by atoms with Gasteiger partial charge in [0, 0.05) is 5.56 Å². The number of anilines is 1. The molecule has 0 amide bonds. The highest BCUT2D eigenvalue weighted by molar-refractivity contribution is 6.32. The van der Waals surface area contributed by atoms with Gasteiger partial charge in [0.1, 0.15) is 22.2 Å². The third-order valence-electron chi connectivity index (χ3n) is 2.42. The first kappa shape index (κ1) is 13.9. The molecular weight excluding hydrogens is 284 g/mol. The molecule has 1 heterocycles. The van der Waals surface area contributed by atoms with Crippen LogP contribution in [0.4, 0.5) is 5.69 Å². The highest BCUT2D eigenvalue weighted by Crippen LogP contribution is 2.21. The molecule has 0 unspecified atom stereocenters. The van der Waals surface area contributed by atoms with Gasteiger partial charge in [-0.2, -0.15) is 10.2 Å². The van der Waals surface area contributed by atoms with Gasteiger partial charge in [0.25, 0.3) is 5.56 Å². The standard InChI is InChI=1S/C12H11ClN4O3/c1-20-8-2-3-10(18)7(4-8)5-14-16-9-6-15-17-12(19)11(9)13/h2-6,18H,1H3,(H2,16,17,19)/b14-5+. The van der Waals surface area contributed by atoms with Gasteiger partial charge in [-0.05, 0) is 18.2 Å². The molecule has 104 valence electrons. The molecule has 1 aromatic carbocycles. The summed E-state index contributed by atoms with van der Waals surface area (Å²) in [5.41, 5.74) is 2.76. The van der Waals surface area contributed by atoms with E-state index >= 15 is 0 Å². The Morgan fingerprint density at radius 2 is 2.35 bits per heavy atom. The average molecular weight is 295 g/mol. The summed E-state index contributed by atoms with van der Waals surface area (Å²) in [6.07, 6.45) is 2.70. The zero-order valence-electron chi connectivity index (χ0n) is 10.4. The smallest absolute Gasteiger partial charge is 0.285 e. The summed E-state index contributed by atoms with van der Waals surface area (Å²) in [6, 6.07) is 4.72. The number of aromatic amines is 1. The number of hydrogen-bond donors (Lipinski definition) is 3. The van der Waals surface area contributed by atoms with Crippen LogP contribution < -0.4 is 15.7 Å². The maximum absolute atomic E-state index is 11.2. The monoisotopic (exact) mass is 294 g/mol. The maximum Gasteiger partial charge on any atom is 0.285 e. The molecule has 20 heavy (non-hydrogen) atoms. The number of hydrogen-bond acceptors (Lipinski definition) is 6. The Hall–Kier alpha value is -2.54. The van der Waals surface area contributed by atoms with Crippen molar-refractivity contribution in [3.8, 4) is 11.5 Å². The number of rotatable bonds is 4. The zero-order chi connectivity index (χ0) is 14.5. The molecule has 8 heteroatoms. The summed E-state index contributed by atoms with van der Waals surface area (Å²) < 4.78 is 5.04. The molecule has 2 rings (SSSR count). The number of halogens is 1. The van der Waals surface area contributed by atoms with E-state index in [4.69, 9.17) is 16.3 Å². The van der Waals surface area contributed by atoms with E-state index in [-0.39, 0.29) is 16.5 Å². The van der Waals surface area contributed by atoms with Crippen molar-refractivity contribution in [2.24, 2.45) is 5.10 Å². The van der Waals surface area contributed by atoms with Gasteiger partial charge >= 0.3 is 0 Å². The molecule has 0 aliphatic heterocycles. The topological polar surface area (TPSA) is 99.6 Å². The molecular formula is C12H11ClN4O3. The van der Waals surface area contributed by atoms with Crippen LogP contribution in [0.5, 0.6) is 11.5 Å². The minimum Gasteiger partial charge on any atom is -0.507 e. The van der Waals surface area contributed by atoms with Crippen LogP contribution in [0, 0.1) is 0 Å². The second kappa shape index (κ2) is 6.07. The molecule has 0 saturated carbocycles. The molecule has 0 radical (unpaired) electrons. The predicted molar refractivity (Wildman–Crippen MR) is 75.7 cm³/mol. The maximum atomic E-state index is 11.2. The van der Waals surface area contributed by atoms with Crippen molar-refractivity contribution in [1.29, 1.82) is 0 Å². The number of nitrogens with zero attached hydrogens (tertiary/aromatic N) is 2. The molecule has 7 nitrogen and oxygen atoms in total. The fourth-order valence-electron chi connectivity index (χ4n) is 1.40.